The van der Waals surface area contributed by atoms with Gasteiger partial charge in [0.2, 0.25) is 0 Å². The third-order valence-corrected chi connectivity index (χ3v) is 3.07. The zero-order chi connectivity index (χ0) is 16.8. The highest BCUT2D eigenvalue weighted by molar-refractivity contribution is 7.16. The maximum atomic E-state index is 12.4. The third-order valence-electron chi connectivity index (χ3n) is 2.10. The van der Waals surface area contributed by atoms with Gasteiger partial charge in [-0.05, 0) is 6.92 Å². The molecule has 2 N–H and O–H groups in total. The molecule has 6 nitrogen and oxygen atoms in total. The quantitative estimate of drug-likeness (QED) is 0.614. The predicted molar refractivity (Wildman–Crippen MR) is 70.8 cm³/mol. The van der Waals surface area contributed by atoms with Gasteiger partial charge in [-0.3, -0.25) is 5.32 Å². The maximum Gasteiger partial charge on any atom is 0.395 e. The number of nitrogens with one attached hydrogen (secondary N) is 2. The van der Waals surface area contributed by atoms with Crippen LogP contribution in [0.3, 0.4) is 0 Å². The molecule has 22 heavy (non-hydrogen) atoms. The lowest BCUT2D eigenvalue weighted by molar-refractivity contribution is -0.127. The van der Waals surface area contributed by atoms with E-state index in [9.17, 15) is 27.2 Å². The molecule has 2 amide bonds. The van der Waals surface area contributed by atoms with E-state index in [4.69, 9.17) is 0 Å². The number of carbonyl (C=O) groups is 2. The van der Waals surface area contributed by atoms with Gasteiger partial charge in [-0.25, -0.2) is 19.0 Å². The Morgan fingerprint density at radius 2 is 2.05 bits per heavy atom. The highest BCUT2D eigenvalue weighted by atomic mass is 32.1. The second-order valence-electron chi connectivity index (χ2n) is 3.87. The van der Waals surface area contributed by atoms with Crippen molar-refractivity contribution in [3.8, 4) is 0 Å². The van der Waals surface area contributed by atoms with Crippen molar-refractivity contribution in [2.24, 2.45) is 0 Å². The van der Waals surface area contributed by atoms with Crippen LogP contribution in [0.4, 0.5) is 27.4 Å². The number of ether oxygens (including phenoxy) is 1. The molecule has 0 bridgehead atoms. The summed E-state index contributed by atoms with van der Waals surface area (Å²) in [6.07, 6.45) is -5.84. The van der Waals surface area contributed by atoms with Crippen LogP contribution < -0.4 is 10.6 Å². The number of nitrogens with zero attached hydrogens (tertiary/aromatic N) is 1. The van der Waals surface area contributed by atoms with E-state index in [1.54, 1.807) is 0 Å². The average Bonchev–Trinajstić information content (AvgIpc) is 2.77. The zero-order valence-corrected chi connectivity index (χ0v) is 12.2. The molecule has 11 heteroatoms. The van der Waals surface area contributed by atoms with E-state index in [0.717, 1.165) is 0 Å². The first-order chi connectivity index (χ1) is 10.3. The molecule has 124 valence electrons. The van der Waals surface area contributed by atoms with Crippen LogP contribution >= 0.6 is 11.3 Å². The van der Waals surface area contributed by atoms with Crippen molar-refractivity contribution in [3.05, 3.63) is 10.7 Å². The van der Waals surface area contributed by atoms with E-state index < -0.39 is 42.0 Å². The van der Waals surface area contributed by atoms with Crippen molar-refractivity contribution >= 4 is 28.3 Å². The average molecular weight is 343 g/mol. The van der Waals surface area contributed by atoms with Crippen LogP contribution in [-0.2, 0) is 11.2 Å². The fourth-order valence-corrected chi connectivity index (χ4v) is 2.32. The Morgan fingerprint density at radius 3 is 2.59 bits per heavy atom. The Bertz CT molecular complexity index is 533. The number of amides is 2. The number of urea groups is 1. The summed E-state index contributed by atoms with van der Waals surface area (Å²) in [6, 6.07) is -0.856. The summed E-state index contributed by atoms with van der Waals surface area (Å²) < 4.78 is 53.7. The van der Waals surface area contributed by atoms with Crippen molar-refractivity contribution in [1.29, 1.82) is 0 Å². The number of hydrogen-bond acceptors (Lipinski definition) is 5. The van der Waals surface area contributed by atoms with Crippen molar-refractivity contribution in [2.75, 3.05) is 25.1 Å². The van der Waals surface area contributed by atoms with E-state index in [0.29, 0.717) is 11.3 Å². The monoisotopic (exact) mass is 343 g/mol. The molecule has 0 radical (unpaired) electrons. The summed E-state index contributed by atoms with van der Waals surface area (Å²) in [5.41, 5.74) is -0.415. The first-order valence-corrected chi connectivity index (χ1v) is 6.92. The van der Waals surface area contributed by atoms with Crippen LogP contribution in [0.2, 0.25) is 0 Å². The topological polar surface area (TPSA) is 80.3 Å². The van der Waals surface area contributed by atoms with Crippen molar-refractivity contribution in [2.45, 2.75) is 19.5 Å². The molecule has 0 aliphatic carbocycles. The van der Waals surface area contributed by atoms with Crippen molar-refractivity contribution < 1.29 is 31.9 Å². The standard InChI is InChI=1S/C11H13F4N3O3S/c1-2-21-9(19)7-8(18-10(20)16-4-3-12)22-6(17-7)5-11(13,14)15/h2-5H2,1H3,(H2,16,18,20). The molecular weight excluding hydrogens is 330 g/mol. The Balaban J connectivity index is 2.95. The smallest absolute Gasteiger partial charge is 0.395 e. The number of aromatic nitrogens is 1. The number of esters is 1. The molecule has 0 saturated heterocycles. The molecule has 0 atom stereocenters. The fraction of sp³-hybridized carbons (Fsp3) is 0.545. The molecule has 0 aliphatic heterocycles. The number of hydrogen-bond donors (Lipinski definition) is 2. The summed E-state index contributed by atoms with van der Waals surface area (Å²) in [6.45, 7) is 0.440. The number of rotatable bonds is 6. The molecule has 1 heterocycles. The minimum atomic E-state index is -4.50. The van der Waals surface area contributed by atoms with Gasteiger partial charge in [-0.2, -0.15) is 13.2 Å². The molecule has 1 aromatic rings. The van der Waals surface area contributed by atoms with Gasteiger partial charge in [0, 0.05) is 6.54 Å². The Kier molecular flexibility index (Phi) is 6.53. The molecule has 1 aromatic heterocycles. The van der Waals surface area contributed by atoms with Crippen molar-refractivity contribution in [1.82, 2.24) is 10.3 Å². The van der Waals surface area contributed by atoms with Gasteiger partial charge in [0.05, 0.1) is 13.0 Å². The minimum Gasteiger partial charge on any atom is -0.461 e. The Morgan fingerprint density at radius 1 is 1.36 bits per heavy atom. The first-order valence-electron chi connectivity index (χ1n) is 6.11. The van der Waals surface area contributed by atoms with Crippen LogP contribution in [0.1, 0.15) is 22.4 Å². The second-order valence-corrected chi connectivity index (χ2v) is 4.95. The number of anilines is 1. The molecule has 1 rings (SSSR count). The molecule has 0 fully saturated rings. The van der Waals surface area contributed by atoms with Gasteiger partial charge in [0.25, 0.3) is 0 Å². The SMILES string of the molecule is CCOC(=O)c1nc(CC(F)(F)F)sc1NC(=O)NCCF. The lowest BCUT2D eigenvalue weighted by Gasteiger charge is -2.05. The van der Waals surface area contributed by atoms with E-state index in [1.807, 2.05) is 0 Å². The van der Waals surface area contributed by atoms with Crippen molar-refractivity contribution in [3.63, 3.8) is 0 Å². The van der Waals surface area contributed by atoms with Crippen LogP contribution in [0, 0.1) is 0 Å². The van der Waals surface area contributed by atoms with Crippen LogP contribution in [-0.4, -0.2) is 43.0 Å². The van der Waals surface area contributed by atoms with E-state index in [1.165, 1.54) is 6.92 Å². The highest BCUT2D eigenvalue weighted by Crippen LogP contribution is 2.30. The summed E-state index contributed by atoms with van der Waals surface area (Å²) >= 11 is 0.505. The maximum absolute atomic E-state index is 12.4. The second kappa shape index (κ2) is 7.92. The van der Waals surface area contributed by atoms with Gasteiger partial charge in [-0.15, -0.1) is 0 Å². The van der Waals surface area contributed by atoms with E-state index >= 15 is 0 Å². The van der Waals surface area contributed by atoms with Gasteiger partial charge in [0.15, 0.2) is 5.69 Å². The Hall–Kier alpha value is -1.91. The van der Waals surface area contributed by atoms with E-state index in [-0.39, 0.29) is 18.2 Å². The van der Waals surface area contributed by atoms with Crippen LogP contribution in [0.5, 0.6) is 0 Å². The first kappa shape index (κ1) is 18.1. The van der Waals surface area contributed by atoms with E-state index in [2.05, 4.69) is 20.4 Å². The lowest BCUT2D eigenvalue weighted by Crippen LogP contribution is -2.30. The predicted octanol–water partition coefficient (Wildman–Crippen LogP) is 2.52. The van der Waals surface area contributed by atoms with Gasteiger partial charge >= 0.3 is 18.2 Å². The zero-order valence-electron chi connectivity index (χ0n) is 11.4. The van der Waals surface area contributed by atoms with Gasteiger partial charge in [0.1, 0.15) is 16.7 Å². The molecule has 0 spiro atoms. The number of thiazole rings is 1. The number of halogens is 4. The summed E-state index contributed by atoms with van der Waals surface area (Å²) in [7, 11) is 0. The van der Waals surface area contributed by atoms with Crippen LogP contribution in [0.25, 0.3) is 0 Å². The Labute approximate surface area is 126 Å². The summed E-state index contributed by atoms with van der Waals surface area (Å²) in [5.74, 6) is -0.951. The summed E-state index contributed by atoms with van der Waals surface area (Å²) in [5, 5.41) is 3.70. The molecule has 0 saturated carbocycles. The molecule has 0 aromatic carbocycles. The van der Waals surface area contributed by atoms with Gasteiger partial charge < -0.3 is 10.1 Å². The van der Waals surface area contributed by atoms with Gasteiger partial charge in [-0.1, -0.05) is 11.3 Å². The third kappa shape index (κ3) is 5.84. The lowest BCUT2D eigenvalue weighted by atomic mass is 10.4. The number of carbonyl (C=O) groups excluding carboxylic acids is 2. The minimum absolute atomic E-state index is 0.00154. The largest absolute Gasteiger partial charge is 0.461 e. The van der Waals surface area contributed by atoms with Crippen LogP contribution in [0.15, 0.2) is 0 Å². The molecule has 0 unspecified atom stereocenters. The molecule has 0 aliphatic rings. The molecular formula is C11H13F4N3O3S. The summed E-state index contributed by atoms with van der Waals surface area (Å²) in [4.78, 5) is 26.6. The fourth-order valence-electron chi connectivity index (χ4n) is 1.34. The number of alkyl halides is 4. The highest BCUT2D eigenvalue weighted by Gasteiger charge is 2.31. The normalized spacial score (nSPS) is 11.1.